The van der Waals surface area contributed by atoms with Crippen molar-refractivity contribution in [2.45, 2.75) is 25.9 Å². The van der Waals surface area contributed by atoms with Gasteiger partial charge >= 0.3 is 0 Å². The minimum absolute atomic E-state index is 0.0126. The van der Waals surface area contributed by atoms with Crippen LogP contribution in [0.25, 0.3) is 0 Å². The Hall–Kier alpha value is -3.40. The third-order valence-corrected chi connectivity index (χ3v) is 4.87. The van der Waals surface area contributed by atoms with Crippen LogP contribution in [0.15, 0.2) is 91.0 Å². The predicted octanol–water partition coefficient (Wildman–Crippen LogP) is 4.60. The van der Waals surface area contributed by atoms with Crippen molar-refractivity contribution >= 4 is 11.8 Å². The summed E-state index contributed by atoms with van der Waals surface area (Å²) in [6, 6.07) is 28.3. The van der Waals surface area contributed by atoms with E-state index in [-0.39, 0.29) is 24.3 Å². The minimum Gasteiger partial charge on any atom is -0.345 e. The summed E-state index contributed by atoms with van der Waals surface area (Å²) in [6.07, 6.45) is 0.212. The van der Waals surface area contributed by atoms with E-state index < -0.39 is 0 Å². The molecule has 1 atom stereocenters. The van der Waals surface area contributed by atoms with E-state index in [1.54, 1.807) is 12.1 Å². The smallest absolute Gasteiger partial charge is 0.251 e. The van der Waals surface area contributed by atoms with Gasteiger partial charge in [-0.25, -0.2) is 0 Å². The van der Waals surface area contributed by atoms with Crippen molar-refractivity contribution in [3.05, 3.63) is 108 Å². The molecule has 29 heavy (non-hydrogen) atoms. The van der Waals surface area contributed by atoms with Crippen molar-refractivity contribution in [3.63, 3.8) is 0 Å². The Morgan fingerprint density at radius 1 is 0.828 bits per heavy atom. The summed E-state index contributed by atoms with van der Waals surface area (Å²) in [5, 5.41) is 3.04. The number of carbonyl (C=O) groups excluding carboxylic acids is 2. The molecule has 1 N–H and O–H groups in total. The average Bonchev–Trinajstić information content (AvgIpc) is 2.78. The predicted molar refractivity (Wildman–Crippen MR) is 115 cm³/mol. The molecule has 4 nitrogen and oxygen atoms in total. The third kappa shape index (κ3) is 5.79. The number of carbonyl (C=O) groups is 2. The standard InChI is InChI=1S/C25H26N2O2/c1-2-27(19-20-12-6-3-7-13-20)24(28)18-23(21-14-8-4-9-15-21)26-25(29)22-16-10-5-11-17-22/h3-17,23H,2,18-19H2,1H3,(H,26,29). The number of rotatable bonds is 8. The SMILES string of the molecule is CCN(Cc1ccccc1)C(=O)CC(NC(=O)c1ccccc1)c1ccccc1. The maximum atomic E-state index is 13.1. The lowest BCUT2D eigenvalue weighted by atomic mass is 10.0. The molecule has 0 aliphatic carbocycles. The van der Waals surface area contributed by atoms with Gasteiger partial charge in [-0.15, -0.1) is 0 Å². The highest BCUT2D eigenvalue weighted by Gasteiger charge is 2.22. The summed E-state index contributed by atoms with van der Waals surface area (Å²) < 4.78 is 0. The Morgan fingerprint density at radius 3 is 1.97 bits per heavy atom. The van der Waals surface area contributed by atoms with Gasteiger partial charge < -0.3 is 10.2 Å². The second-order valence-electron chi connectivity index (χ2n) is 6.90. The summed E-state index contributed by atoms with van der Waals surface area (Å²) in [7, 11) is 0. The Labute approximate surface area is 172 Å². The van der Waals surface area contributed by atoms with Gasteiger partial charge in [0.25, 0.3) is 5.91 Å². The molecule has 4 heteroatoms. The van der Waals surface area contributed by atoms with Crippen LogP contribution in [0.3, 0.4) is 0 Å². The highest BCUT2D eigenvalue weighted by atomic mass is 16.2. The first kappa shape index (κ1) is 20.3. The molecule has 2 amide bonds. The molecule has 3 aromatic carbocycles. The lowest BCUT2D eigenvalue weighted by Gasteiger charge is -2.25. The maximum Gasteiger partial charge on any atom is 0.251 e. The van der Waals surface area contributed by atoms with Gasteiger partial charge in [0.15, 0.2) is 0 Å². The molecule has 0 aromatic heterocycles. The summed E-state index contributed by atoms with van der Waals surface area (Å²) in [5.41, 5.74) is 2.59. The molecule has 0 radical (unpaired) electrons. The van der Waals surface area contributed by atoms with Crippen molar-refractivity contribution < 1.29 is 9.59 Å². The van der Waals surface area contributed by atoms with Crippen LogP contribution in [0.5, 0.6) is 0 Å². The van der Waals surface area contributed by atoms with Gasteiger partial charge in [-0.3, -0.25) is 9.59 Å². The zero-order valence-corrected chi connectivity index (χ0v) is 16.6. The van der Waals surface area contributed by atoms with Crippen molar-refractivity contribution in [2.75, 3.05) is 6.54 Å². The largest absolute Gasteiger partial charge is 0.345 e. The van der Waals surface area contributed by atoms with E-state index in [2.05, 4.69) is 5.32 Å². The molecule has 0 aliphatic heterocycles. The van der Waals surface area contributed by atoms with E-state index in [9.17, 15) is 9.59 Å². The van der Waals surface area contributed by atoms with Crippen molar-refractivity contribution in [3.8, 4) is 0 Å². The van der Waals surface area contributed by atoms with E-state index in [0.29, 0.717) is 18.7 Å². The number of nitrogens with one attached hydrogen (secondary N) is 1. The Bertz CT molecular complexity index is 911. The number of hydrogen-bond acceptors (Lipinski definition) is 2. The highest BCUT2D eigenvalue weighted by Crippen LogP contribution is 2.19. The van der Waals surface area contributed by atoms with Crippen LogP contribution in [0, 0.1) is 0 Å². The van der Waals surface area contributed by atoms with Crippen molar-refractivity contribution in [1.29, 1.82) is 0 Å². The van der Waals surface area contributed by atoms with Crippen LogP contribution in [0.2, 0.25) is 0 Å². The lowest BCUT2D eigenvalue weighted by molar-refractivity contribution is -0.132. The molecule has 0 aliphatic rings. The molecule has 3 rings (SSSR count). The van der Waals surface area contributed by atoms with Gasteiger partial charge in [0.05, 0.1) is 12.5 Å². The van der Waals surface area contributed by atoms with E-state index in [1.165, 1.54) is 0 Å². The fourth-order valence-corrected chi connectivity index (χ4v) is 3.25. The first-order valence-electron chi connectivity index (χ1n) is 9.90. The highest BCUT2D eigenvalue weighted by molar-refractivity contribution is 5.94. The minimum atomic E-state index is -0.388. The number of hydrogen-bond donors (Lipinski definition) is 1. The Balaban J connectivity index is 1.75. The topological polar surface area (TPSA) is 49.4 Å². The molecule has 0 saturated carbocycles. The molecule has 0 bridgehead atoms. The molecule has 0 saturated heterocycles. The number of nitrogens with zero attached hydrogens (tertiary/aromatic N) is 1. The second-order valence-corrected chi connectivity index (χ2v) is 6.90. The fraction of sp³-hybridized carbons (Fsp3) is 0.200. The monoisotopic (exact) mass is 386 g/mol. The van der Waals surface area contributed by atoms with Gasteiger partial charge in [-0.2, -0.15) is 0 Å². The van der Waals surface area contributed by atoms with Gasteiger partial charge in [-0.1, -0.05) is 78.9 Å². The van der Waals surface area contributed by atoms with Gasteiger partial charge in [0, 0.05) is 18.7 Å². The van der Waals surface area contributed by atoms with Crippen LogP contribution >= 0.6 is 0 Å². The van der Waals surface area contributed by atoms with Crippen molar-refractivity contribution in [1.82, 2.24) is 10.2 Å². The molecule has 0 spiro atoms. The van der Waals surface area contributed by atoms with Gasteiger partial charge in [0.2, 0.25) is 5.91 Å². The van der Waals surface area contributed by atoms with E-state index in [4.69, 9.17) is 0 Å². The van der Waals surface area contributed by atoms with Crippen LogP contribution in [0.4, 0.5) is 0 Å². The molecule has 0 heterocycles. The van der Waals surface area contributed by atoms with Gasteiger partial charge in [0.1, 0.15) is 0 Å². The maximum absolute atomic E-state index is 13.1. The average molecular weight is 386 g/mol. The first-order valence-corrected chi connectivity index (χ1v) is 9.90. The van der Waals surface area contributed by atoms with Crippen molar-refractivity contribution in [2.24, 2.45) is 0 Å². The van der Waals surface area contributed by atoms with E-state index in [0.717, 1.165) is 11.1 Å². The molecule has 3 aromatic rings. The zero-order valence-electron chi connectivity index (χ0n) is 16.6. The third-order valence-electron chi connectivity index (χ3n) is 4.87. The summed E-state index contributed by atoms with van der Waals surface area (Å²) in [5.74, 6) is -0.170. The Kier molecular flexibility index (Phi) is 7.17. The quantitative estimate of drug-likeness (QED) is 0.615. The zero-order chi connectivity index (χ0) is 20.5. The fourth-order valence-electron chi connectivity index (χ4n) is 3.25. The summed E-state index contributed by atoms with van der Waals surface area (Å²) in [4.78, 5) is 27.6. The van der Waals surface area contributed by atoms with Crippen LogP contribution in [0.1, 0.15) is 40.9 Å². The normalized spacial score (nSPS) is 11.5. The molecule has 0 fully saturated rings. The van der Waals surface area contributed by atoms with E-state index >= 15 is 0 Å². The van der Waals surface area contributed by atoms with Crippen LogP contribution in [-0.4, -0.2) is 23.3 Å². The van der Waals surface area contributed by atoms with Crippen LogP contribution in [-0.2, 0) is 11.3 Å². The molecule has 1 unspecified atom stereocenters. The van der Waals surface area contributed by atoms with Gasteiger partial charge in [-0.05, 0) is 30.2 Å². The summed E-state index contributed by atoms with van der Waals surface area (Å²) >= 11 is 0. The first-order chi connectivity index (χ1) is 14.2. The summed E-state index contributed by atoms with van der Waals surface area (Å²) in [6.45, 7) is 3.15. The molecular formula is C25H26N2O2. The lowest BCUT2D eigenvalue weighted by Crippen LogP contribution is -2.36. The second kappa shape index (κ2) is 10.2. The Morgan fingerprint density at radius 2 is 1.38 bits per heavy atom. The van der Waals surface area contributed by atoms with Crippen LogP contribution < -0.4 is 5.32 Å². The number of benzene rings is 3. The number of amides is 2. The molecular weight excluding hydrogens is 360 g/mol. The van der Waals surface area contributed by atoms with E-state index in [1.807, 2.05) is 90.7 Å². The molecule has 148 valence electrons.